The monoisotopic (exact) mass is 254 g/mol. The highest BCUT2D eigenvalue weighted by atomic mass is 16.5. The van der Waals surface area contributed by atoms with Gasteiger partial charge in [-0.05, 0) is 52.7 Å². The molecule has 1 N–H and O–H groups in total. The van der Waals surface area contributed by atoms with Crippen molar-refractivity contribution in [3.63, 3.8) is 0 Å². The second-order valence-corrected chi connectivity index (χ2v) is 6.55. The van der Waals surface area contributed by atoms with Crippen LogP contribution in [0.15, 0.2) is 0 Å². The molecule has 3 unspecified atom stereocenters. The van der Waals surface area contributed by atoms with Crippen molar-refractivity contribution in [3.05, 3.63) is 0 Å². The summed E-state index contributed by atoms with van der Waals surface area (Å²) < 4.78 is 5.85. The van der Waals surface area contributed by atoms with Gasteiger partial charge in [0.25, 0.3) is 0 Å². The van der Waals surface area contributed by atoms with Crippen molar-refractivity contribution in [1.29, 1.82) is 0 Å². The van der Waals surface area contributed by atoms with Crippen LogP contribution in [0, 0.1) is 5.41 Å². The fraction of sp³-hybridized carbons (Fsp3) is 1.00. The summed E-state index contributed by atoms with van der Waals surface area (Å²) >= 11 is 0. The molecular weight excluding hydrogens is 224 g/mol. The van der Waals surface area contributed by atoms with Crippen LogP contribution in [-0.4, -0.2) is 49.3 Å². The summed E-state index contributed by atoms with van der Waals surface area (Å²) in [6.07, 6.45) is 4.23. The number of hydrogen-bond acceptors (Lipinski definition) is 3. The highest BCUT2D eigenvalue weighted by molar-refractivity contribution is 5.04. The zero-order valence-electron chi connectivity index (χ0n) is 12.5. The summed E-state index contributed by atoms with van der Waals surface area (Å²) in [5, 5.41) is 3.58. The first-order valence-electron chi connectivity index (χ1n) is 7.64. The third-order valence-corrected chi connectivity index (χ3v) is 4.90. The molecule has 0 aromatic carbocycles. The molecule has 1 heterocycles. The van der Waals surface area contributed by atoms with Crippen molar-refractivity contribution < 1.29 is 4.74 Å². The maximum atomic E-state index is 5.85. The van der Waals surface area contributed by atoms with Gasteiger partial charge in [-0.3, -0.25) is 4.90 Å². The molecule has 2 rings (SSSR count). The minimum Gasteiger partial charge on any atom is -0.378 e. The molecule has 1 aliphatic heterocycles. The zero-order valence-corrected chi connectivity index (χ0v) is 12.5. The Hall–Kier alpha value is -0.120. The Morgan fingerprint density at radius 2 is 2.11 bits per heavy atom. The SMILES string of the molecule is CCOC1CC(N2CCCNC(C)CC2)C1(C)C. The van der Waals surface area contributed by atoms with E-state index < -0.39 is 0 Å². The van der Waals surface area contributed by atoms with Crippen LogP contribution >= 0.6 is 0 Å². The van der Waals surface area contributed by atoms with Gasteiger partial charge in [-0.2, -0.15) is 0 Å². The molecule has 0 bridgehead atoms. The summed E-state index contributed by atoms with van der Waals surface area (Å²) in [6, 6.07) is 1.39. The molecule has 3 atom stereocenters. The molecule has 106 valence electrons. The number of nitrogens with zero attached hydrogens (tertiary/aromatic N) is 1. The maximum absolute atomic E-state index is 5.85. The molecule has 2 aliphatic rings. The first kappa shape index (κ1) is 14.3. The van der Waals surface area contributed by atoms with Crippen molar-refractivity contribution in [3.8, 4) is 0 Å². The molecule has 0 amide bonds. The van der Waals surface area contributed by atoms with E-state index in [1.165, 1.54) is 38.9 Å². The Kier molecular flexibility index (Phi) is 4.68. The van der Waals surface area contributed by atoms with Crippen LogP contribution in [0.3, 0.4) is 0 Å². The van der Waals surface area contributed by atoms with Crippen LogP contribution in [0.2, 0.25) is 0 Å². The lowest BCUT2D eigenvalue weighted by Crippen LogP contribution is -2.63. The molecule has 0 radical (unpaired) electrons. The molecule has 0 spiro atoms. The Balaban J connectivity index is 1.91. The lowest BCUT2D eigenvalue weighted by Gasteiger charge is -2.56. The molecule has 0 aromatic rings. The van der Waals surface area contributed by atoms with Gasteiger partial charge in [-0.25, -0.2) is 0 Å². The number of nitrogens with one attached hydrogen (secondary N) is 1. The number of rotatable bonds is 3. The van der Waals surface area contributed by atoms with Gasteiger partial charge in [0.2, 0.25) is 0 Å². The Labute approximate surface area is 112 Å². The van der Waals surface area contributed by atoms with Gasteiger partial charge in [-0.15, -0.1) is 0 Å². The Morgan fingerprint density at radius 3 is 2.78 bits per heavy atom. The summed E-state index contributed by atoms with van der Waals surface area (Å²) in [7, 11) is 0. The number of ether oxygens (including phenoxy) is 1. The van der Waals surface area contributed by atoms with E-state index in [-0.39, 0.29) is 0 Å². The van der Waals surface area contributed by atoms with Crippen LogP contribution < -0.4 is 5.32 Å². The predicted molar refractivity (Wildman–Crippen MR) is 75.9 cm³/mol. The Bertz CT molecular complexity index is 267. The van der Waals surface area contributed by atoms with Crippen LogP contribution in [0.4, 0.5) is 0 Å². The smallest absolute Gasteiger partial charge is 0.0655 e. The van der Waals surface area contributed by atoms with E-state index in [9.17, 15) is 0 Å². The predicted octanol–water partition coefficient (Wildman–Crippen LogP) is 2.26. The van der Waals surface area contributed by atoms with Crippen molar-refractivity contribution >= 4 is 0 Å². The standard InChI is InChI=1S/C15H30N2O/c1-5-18-14-11-13(15(14,3)4)17-9-6-8-16-12(2)7-10-17/h12-14,16H,5-11H2,1-4H3. The van der Waals surface area contributed by atoms with Gasteiger partial charge in [-0.1, -0.05) is 13.8 Å². The van der Waals surface area contributed by atoms with E-state index in [1.807, 2.05) is 0 Å². The minimum atomic E-state index is 0.325. The third-order valence-electron chi connectivity index (χ3n) is 4.90. The molecular formula is C15H30N2O. The zero-order chi connectivity index (χ0) is 13.2. The molecule has 3 nitrogen and oxygen atoms in total. The molecule has 1 saturated carbocycles. The molecule has 1 aliphatic carbocycles. The highest BCUT2D eigenvalue weighted by Gasteiger charge is 2.51. The lowest BCUT2D eigenvalue weighted by atomic mass is 9.63. The summed E-state index contributed by atoms with van der Waals surface area (Å²) in [5.74, 6) is 0. The normalized spacial score (nSPS) is 37.7. The summed E-state index contributed by atoms with van der Waals surface area (Å²) in [6.45, 7) is 13.7. The molecule has 2 fully saturated rings. The van der Waals surface area contributed by atoms with Crippen molar-refractivity contribution in [1.82, 2.24) is 10.2 Å². The van der Waals surface area contributed by atoms with Gasteiger partial charge in [0.1, 0.15) is 0 Å². The first-order valence-corrected chi connectivity index (χ1v) is 7.64. The molecule has 18 heavy (non-hydrogen) atoms. The maximum Gasteiger partial charge on any atom is 0.0655 e. The van der Waals surface area contributed by atoms with Crippen molar-refractivity contribution in [2.45, 2.75) is 65.1 Å². The van der Waals surface area contributed by atoms with Gasteiger partial charge in [0.05, 0.1) is 6.10 Å². The Morgan fingerprint density at radius 1 is 1.33 bits per heavy atom. The molecule has 3 heteroatoms. The van der Waals surface area contributed by atoms with E-state index in [4.69, 9.17) is 4.74 Å². The van der Waals surface area contributed by atoms with Crippen LogP contribution in [0.5, 0.6) is 0 Å². The fourth-order valence-electron chi connectivity index (χ4n) is 3.48. The second kappa shape index (κ2) is 5.89. The fourth-order valence-corrected chi connectivity index (χ4v) is 3.48. The van der Waals surface area contributed by atoms with E-state index >= 15 is 0 Å². The van der Waals surface area contributed by atoms with Crippen LogP contribution in [0.1, 0.15) is 47.0 Å². The van der Waals surface area contributed by atoms with Crippen molar-refractivity contribution in [2.75, 3.05) is 26.2 Å². The third kappa shape index (κ3) is 2.89. The summed E-state index contributed by atoms with van der Waals surface area (Å²) in [5.41, 5.74) is 0.325. The first-order chi connectivity index (χ1) is 8.55. The average Bonchev–Trinajstić information content (AvgIpc) is 2.31. The minimum absolute atomic E-state index is 0.325. The van der Waals surface area contributed by atoms with Gasteiger partial charge < -0.3 is 10.1 Å². The van der Waals surface area contributed by atoms with Gasteiger partial charge in [0.15, 0.2) is 0 Å². The van der Waals surface area contributed by atoms with Crippen molar-refractivity contribution in [2.24, 2.45) is 5.41 Å². The molecule has 0 aromatic heterocycles. The average molecular weight is 254 g/mol. The second-order valence-electron chi connectivity index (χ2n) is 6.55. The molecule has 1 saturated heterocycles. The lowest BCUT2D eigenvalue weighted by molar-refractivity contribution is -0.150. The van der Waals surface area contributed by atoms with Gasteiger partial charge >= 0.3 is 0 Å². The number of hydrogen-bond donors (Lipinski definition) is 1. The van der Waals surface area contributed by atoms with Gasteiger partial charge in [0, 0.05) is 24.1 Å². The van der Waals surface area contributed by atoms with E-state index in [0.29, 0.717) is 17.6 Å². The van der Waals surface area contributed by atoms with E-state index in [0.717, 1.165) is 12.6 Å². The summed E-state index contributed by atoms with van der Waals surface area (Å²) in [4.78, 5) is 2.72. The topological polar surface area (TPSA) is 24.5 Å². The quantitative estimate of drug-likeness (QED) is 0.836. The van der Waals surface area contributed by atoms with E-state index in [1.54, 1.807) is 0 Å². The van der Waals surface area contributed by atoms with E-state index in [2.05, 4.69) is 37.9 Å². The largest absolute Gasteiger partial charge is 0.378 e. The van der Waals surface area contributed by atoms with Crippen LogP contribution in [-0.2, 0) is 4.74 Å². The van der Waals surface area contributed by atoms with Crippen LogP contribution in [0.25, 0.3) is 0 Å². The highest BCUT2D eigenvalue weighted by Crippen LogP contribution is 2.46.